The summed E-state index contributed by atoms with van der Waals surface area (Å²) >= 11 is 0. The number of carbonyl (C=O) groups excluding carboxylic acids is 3. The zero-order valence-corrected chi connectivity index (χ0v) is 10.9. The number of esters is 1. The monoisotopic (exact) mass is 275 g/mol. The summed E-state index contributed by atoms with van der Waals surface area (Å²) in [6.45, 7) is 2.21. The lowest BCUT2D eigenvalue weighted by molar-refractivity contribution is -0.150. The van der Waals surface area contributed by atoms with Crippen LogP contribution < -0.4 is 0 Å². The highest BCUT2D eigenvalue weighted by Crippen LogP contribution is 2.21. The highest BCUT2D eigenvalue weighted by atomic mass is 16.6. The average Bonchev–Trinajstić information content (AvgIpc) is 2.79. The lowest BCUT2D eigenvalue weighted by Crippen LogP contribution is -2.37. The fraction of sp³-hybridized carbons (Fsp3) is 0.727. The molecule has 0 radical (unpaired) electrons. The smallest absolute Gasteiger partial charge is 0.412 e. The van der Waals surface area contributed by atoms with E-state index in [9.17, 15) is 14.4 Å². The van der Waals surface area contributed by atoms with Gasteiger partial charge in [-0.2, -0.15) is 0 Å². The summed E-state index contributed by atoms with van der Waals surface area (Å²) in [6.07, 6.45) is -1.48. The number of ether oxygens (including phenoxy) is 4. The van der Waals surface area contributed by atoms with Gasteiger partial charge in [-0.3, -0.25) is 9.69 Å². The molecule has 8 heteroatoms. The molecular formula is C11H17NO7. The maximum absolute atomic E-state index is 11.4. The first-order chi connectivity index (χ1) is 9.12. The summed E-state index contributed by atoms with van der Waals surface area (Å²) in [6, 6.07) is 0. The molecular weight excluding hydrogens is 258 g/mol. The summed E-state index contributed by atoms with van der Waals surface area (Å²) in [4.78, 5) is 34.2. The Morgan fingerprint density at radius 1 is 1.42 bits per heavy atom. The Morgan fingerprint density at radius 3 is 2.74 bits per heavy atom. The molecule has 19 heavy (non-hydrogen) atoms. The molecule has 0 aliphatic carbocycles. The van der Waals surface area contributed by atoms with E-state index >= 15 is 0 Å². The third kappa shape index (κ3) is 4.40. The zero-order valence-electron chi connectivity index (χ0n) is 10.9. The van der Waals surface area contributed by atoms with Crippen LogP contribution in [0.2, 0.25) is 0 Å². The fourth-order valence-corrected chi connectivity index (χ4v) is 1.78. The van der Waals surface area contributed by atoms with Crippen molar-refractivity contribution in [1.82, 2.24) is 4.90 Å². The van der Waals surface area contributed by atoms with Crippen molar-refractivity contribution in [3.63, 3.8) is 0 Å². The summed E-state index contributed by atoms with van der Waals surface area (Å²) < 4.78 is 19.4. The van der Waals surface area contributed by atoms with Gasteiger partial charge in [0, 0.05) is 6.42 Å². The molecule has 8 nitrogen and oxygen atoms in total. The topological polar surface area (TPSA) is 91.4 Å². The van der Waals surface area contributed by atoms with E-state index in [0.29, 0.717) is 0 Å². The van der Waals surface area contributed by atoms with Crippen LogP contribution in [0.15, 0.2) is 0 Å². The van der Waals surface area contributed by atoms with Crippen molar-refractivity contribution in [2.24, 2.45) is 0 Å². The van der Waals surface area contributed by atoms with Crippen LogP contribution >= 0.6 is 0 Å². The summed E-state index contributed by atoms with van der Waals surface area (Å²) in [5, 5.41) is 0. The molecule has 1 aliphatic heterocycles. The Hall–Kier alpha value is -1.83. The van der Waals surface area contributed by atoms with Gasteiger partial charge in [0.15, 0.2) is 6.23 Å². The van der Waals surface area contributed by atoms with Gasteiger partial charge < -0.3 is 18.9 Å². The van der Waals surface area contributed by atoms with Crippen LogP contribution in [-0.2, 0) is 28.5 Å². The first kappa shape index (κ1) is 15.2. The first-order valence-electron chi connectivity index (χ1n) is 5.83. The molecule has 0 bridgehead atoms. The van der Waals surface area contributed by atoms with E-state index in [-0.39, 0.29) is 32.7 Å². The number of hydrogen-bond acceptors (Lipinski definition) is 7. The van der Waals surface area contributed by atoms with Crippen LogP contribution in [0.1, 0.15) is 13.3 Å². The maximum Gasteiger partial charge on any atom is 0.412 e. The minimum absolute atomic E-state index is 0.185. The van der Waals surface area contributed by atoms with Crippen molar-refractivity contribution in [1.29, 1.82) is 0 Å². The number of amides is 1. The zero-order chi connectivity index (χ0) is 14.3. The molecule has 0 aromatic heterocycles. The quantitative estimate of drug-likeness (QED) is 0.380. The number of likely N-dealkylation sites (tertiary alicyclic amines) is 1. The van der Waals surface area contributed by atoms with Gasteiger partial charge >= 0.3 is 12.1 Å². The van der Waals surface area contributed by atoms with E-state index < -0.39 is 24.4 Å². The van der Waals surface area contributed by atoms with Crippen LogP contribution in [0.3, 0.4) is 0 Å². The lowest BCUT2D eigenvalue weighted by Gasteiger charge is -2.20. The highest BCUT2D eigenvalue weighted by molar-refractivity contribution is 5.70. The Bertz CT molecular complexity index is 333. The lowest BCUT2D eigenvalue weighted by atomic mass is 10.3. The molecule has 0 aromatic rings. The summed E-state index contributed by atoms with van der Waals surface area (Å²) in [5.41, 5.74) is 0. The third-order valence-electron chi connectivity index (χ3n) is 2.58. The Balaban J connectivity index is 2.47. The largest absolute Gasteiger partial charge is 0.464 e. The van der Waals surface area contributed by atoms with Crippen molar-refractivity contribution in [2.75, 3.05) is 26.9 Å². The summed E-state index contributed by atoms with van der Waals surface area (Å²) in [7, 11) is 1.23. The molecule has 0 aromatic carbocycles. The molecule has 1 aliphatic rings. The molecule has 2 atom stereocenters. The second kappa shape index (κ2) is 7.57. The molecule has 1 amide bonds. The highest BCUT2D eigenvalue weighted by Gasteiger charge is 2.38. The van der Waals surface area contributed by atoms with Gasteiger partial charge in [0.1, 0.15) is 6.61 Å². The van der Waals surface area contributed by atoms with Gasteiger partial charge in [0.2, 0.25) is 0 Å². The normalized spacial score (nSPS) is 21.9. The van der Waals surface area contributed by atoms with Crippen molar-refractivity contribution in [2.45, 2.75) is 25.7 Å². The van der Waals surface area contributed by atoms with Crippen molar-refractivity contribution in [3.8, 4) is 0 Å². The number of carbonyl (C=O) groups is 3. The number of methoxy groups -OCH3 is 1. The van der Waals surface area contributed by atoms with Crippen molar-refractivity contribution < 1.29 is 33.3 Å². The van der Waals surface area contributed by atoms with Crippen LogP contribution in [0.25, 0.3) is 0 Å². The van der Waals surface area contributed by atoms with Crippen LogP contribution in [0, 0.1) is 0 Å². The molecule has 0 saturated carbocycles. The summed E-state index contributed by atoms with van der Waals surface area (Å²) in [5.74, 6) is -0.480. The first-order valence-corrected chi connectivity index (χ1v) is 5.83. The number of hydrogen-bond donors (Lipinski definition) is 0. The average molecular weight is 275 g/mol. The number of nitrogens with zero attached hydrogens (tertiary/aromatic N) is 1. The van der Waals surface area contributed by atoms with Gasteiger partial charge in [0.05, 0.1) is 26.4 Å². The Morgan fingerprint density at radius 2 is 2.16 bits per heavy atom. The predicted molar refractivity (Wildman–Crippen MR) is 61.0 cm³/mol. The van der Waals surface area contributed by atoms with E-state index in [0.717, 1.165) is 0 Å². The minimum atomic E-state index is -0.739. The predicted octanol–water partition coefficient (Wildman–Crippen LogP) is -0.0941. The van der Waals surface area contributed by atoms with Gasteiger partial charge in [-0.1, -0.05) is 0 Å². The minimum Gasteiger partial charge on any atom is -0.464 e. The van der Waals surface area contributed by atoms with Crippen LogP contribution in [0.4, 0.5) is 4.79 Å². The molecule has 108 valence electrons. The number of rotatable bonds is 6. The fourth-order valence-electron chi connectivity index (χ4n) is 1.78. The molecule has 1 rings (SSSR count). The van der Waals surface area contributed by atoms with Gasteiger partial charge in [0.25, 0.3) is 6.47 Å². The van der Waals surface area contributed by atoms with E-state index in [1.165, 1.54) is 12.0 Å². The maximum atomic E-state index is 11.4. The SMILES string of the molecule is CCOC(=O)CO[C@@H]1C[C@@H](OC=O)N(C(=O)OC)C1. The van der Waals surface area contributed by atoms with Crippen LogP contribution in [0.5, 0.6) is 0 Å². The molecule has 1 fully saturated rings. The van der Waals surface area contributed by atoms with Gasteiger partial charge in [-0.25, -0.2) is 9.59 Å². The molecule has 1 saturated heterocycles. The molecule has 0 spiro atoms. The van der Waals surface area contributed by atoms with E-state index in [1.54, 1.807) is 6.92 Å². The Kier molecular flexibility index (Phi) is 6.07. The second-order valence-electron chi connectivity index (χ2n) is 3.78. The molecule has 0 unspecified atom stereocenters. The van der Waals surface area contributed by atoms with E-state index in [2.05, 4.69) is 4.74 Å². The second-order valence-corrected chi connectivity index (χ2v) is 3.78. The molecule has 1 heterocycles. The van der Waals surface area contributed by atoms with E-state index in [1.807, 2.05) is 0 Å². The van der Waals surface area contributed by atoms with Gasteiger partial charge in [-0.05, 0) is 6.92 Å². The van der Waals surface area contributed by atoms with E-state index in [4.69, 9.17) is 14.2 Å². The molecule has 0 N–H and O–H groups in total. The third-order valence-corrected chi connectivity index (χ3v) is 2.58. The van der Waals surface area contributed by atoms with Crippen molar-refractivity contribution in [3.05, 3.63) is 0 Å². The Labute approximate surface area is 110 Å². The standard InChI is InChI=1S/C11H17NO7/c1-3-17-10(14)6-18-8-4-9(19-7-13)12(5-8)11(15)16-2/h7-9H,3-6H2,1-2H3/t8-,9-/m1/s1. The van der Waals surface area contributed by atoms with Crippen LogP contribution in [-0.4, -0.2) is 62.6 Å². The van der Waals surface area contributed by atoms with Crippen molar-refractivity contribution >= 4 is 18.5 Å². The van der Waals surface area contributed by atoms with Gasteiger partial charge in [-0.15, -0.1) is 0 Å².